The van der Waals surface area contributed by atoms with Gasteiger partial charge in [0, 0.05) is 48.7 Å². The van der Waals surface area contributed by atoms with Gasteiger partial charge < -0.3 is 14.8 Å². The average molecular weight is 594 g/mol. The van der Waals surface area contributed by atoms with E-state index in [1.165, 1.54) is 11.3 Å². The molecule has 5 rings (SSSR count). The predicted octanol–water partition coefficient (Wildman–Crippen LogP) is 7.46. The van der Waals surface area contributed by atoms with Gasteiger partial charge in [-0.25, -0.2) is 0 Å². The monoisotopic (exact) mass is 593 g/mol. The number of hydrogen-bond donors (Lipinski definition) is 1. The van der Waals surface area contributed by atoms with Crippen LogP contribution in [0.4, 0.5) is 26.3 Å². The topological polar surface area (TPSA) is 56.4 Å². The van der Waals surface area contributed by atoms with E-state index < -0.39 is 41.0 Å². The van der Waals surface area contributed by atoms with E-state index in [1.54, 1.807) is 11.1 Å². The van der Waals surface area contributed by atoms with Crippen molar-refractivity contribution >= 4 is 22.7 Å². The van der Waals surface area contributed by atoms with Gasteiger partial charge in [0.05, 0.1) is 17.2 Å². The zero-order valence-corrected chi connectivity index (χ0v) is 23.0. The molecule has 2 aliphatic rings. The van der Waals surface area contributed by atoms with Gasteiger partial charge >= 0.3 is 12.4 Å². The lowest BCUT2D eigenvalue weighted by molar-refractivity contribution is -0.143. The second kappa shape index (κ2) is 12.0. The molecule has 1 saturated carbocycles. The molecule has 1 atom stereocenters. The van der Waals surface area contributed by atoms with Crippen molar-refractivity contribution in [3.63, 3.8) is 0 Å². The van der Waals surface area contributed by atoms with Crippen LogP contribution in [0.5, 0.6) is 0 Å². The first kappa shape index (κ1) is 30.0. The average Bonchev–Trinajstić information content (AvgIpc) is 3.37. The highest BCUT2D eigenvalue weighted by Crippen LogP contribution is 2.37. The lowest BCUT2D eigenvalue weighted by Crippen LogP contribution is -2.57. The fourth-order valence-corrected chi connectivity index (χ4v) is 6.28. The first-order valence-electron chi connectivity index (χ1n) is 14.3. The predicted molar refractivity (Wildman–Crippen MR) is 146 cm³/mol. The summed E-state index contributed by atoms with van der Waals surface area (Å²) in [6, 6.07) is 7.81. The number of carbonyl (C=O) groups excluding carboxylic acids is 2. The van der Waals surface area contributed by atoms with Crippen molar-refractivity contribution in [3.05, 3.63) is 70.9 Å². The Morgan fingerprint density at radius 1 is 0.881 bits per heavy atom. The standard InChI is InChI=1S/C31H33F6N3O2/c32-30(33,34)23-14-21(15-24(17-23)31(35,36)37)29(42)40-13-12-39(28(41)11-10-20-6-2-1-3-7-20)19-25(40)16-22-18-38-27-9-5-4-8-26(22)27/h4-5,8-9,14-15,17-18,20,25,38H,1-3,6-7,10-13,16,19H2/t25-/m1/s1. The zero-order valence-electron chi connectivity index (χ0n) is 23.0. The Morgan fingerprint density at radius 3 is 2.21 bits per heavy atom. The zero-order chi connectivity index (χ0) is 30.1. The van der Waals surface area contributed by atoms with Crippen molar-refractivity contribution in [1.82, 2.24) is 14.8 Å². The van der Waals surface area contributed by atoms with E-state index in [2.05, 4.69) is 4.98 Å². The van der Waals surface area contributed by atoms with E-state index in [9.17, 15) is 35.9 Å². The molecule has 1 aliphatic heterocycles. The number of nitrogens with zero attached hydrogens (tertiary/aromatic N) is 2. The van der Waals surface area contributed by atoms with Crippen molar-refractivity contribution < 1.29 is 35.9 Å². The first-order chi connectivity index (χ1) is 19.9. The Bertz CT molecular complexity index is 1390. The van der Waals surface area contributed by atoms with E-state index in [4.69, 9.17) is 0 Å². The Morgan fingerprint density at radius 2 is 1.55 bits per heavy atom. The Balaban J connectivity index is 1.42. The molecule has 2 fully saturated rings. The fraction of sp³-hybridized carbons (Fsp3) is 0.484. The number of piperazine rings is 1. The highest BCUT2D eigenvalue weighted by Gasteiger charge is 2.39. The maximum absolute atomic E-state index is 13.6. The fourth-order valence-electron chi connectivity index (χ4n) is 6.28. The third-order valence-electron chi connectivity index (χ3n) is 8.55. The lowest BCUT2D eigenvalue weighted by atomic mass is 9.86. The van der Waals surface area contributed by atoms with Gasteiger partial charge in [0.25, 0.3) is 5.91 Å². The number of fused-ring (bicyclic) bond motifs is 1. The van der Waals surface area contributed by atoms with E-state index in [0.717, 1.165) is 48.6 Å². The summed E-state index contributed by atoms with van der Waals surface area (Å²) in [6.07, 6.45) is -1.16. The minimum absolute atomic E-state index is 0.00137. The number of aromatic amines is 1. The largest absolute Gasteiger partial charge is 0.416 e. The SMILES string of the molecule is O=C(CCC1CCCCC1)N1CCN(C(=O)c2cc(C(F)(F)F)cc(C(F)(F)F)c2)[C@H](Cc2c[nH]c3ccccc23)C1. The molecular formula is C31H33F6N3O2. The summed E-state index contributed by atoms with van der Waals surface area (Å²) in [7, 11) is 0. The summed E-state index contributed by atoms with van der Waals surface area (Å²) in [5.41, 5.74) is -2.06. The molecule has 1 saturated heterocycles. The minimum Gasteiger partial charge on any atom is -0.361 e. The molecule has 3 aromatic rings. The maximum Gasteiger partial charge on any atom is 0.416 e. The quantitative estimate of drug-likeness (QED) is 0.302. The van der Waals surface area contributed by atoms with Crippen LogP contribution < -0.4 is 0 Å². The number of benzene rings is 2. The molecule has 5 nitrogen and oxygen atoms in total. The molecule has 2 aromatic carbocycles. The summed E-state index contributed by atoms with van der Waals surface area (Å²) in [5, 5.41) is 0.893. The summed E-state index contributed by atoms with van der Waals surface area (Å²) >= 11 is 0. The van der Waals surface area contributed by atoms with Crippen molar-refractivity contribution in [3.8, 4) is 0 Å². The van der Waals surface area contributed by atoms with Crippen LogP contribution in [0.25, 0.3) is 10.9 Å². The number of halogens is 6. The molecule has 2 heterocycles. The van der Waals surface area contributed by atoms with Gasteiger partial charge in [0.1, 0.15) is 0 Å². The molecule has 42 heavy (non-hydrogen) atoms. The Kier molecular flexibility index (Phi) is 8.57. The molecule has 11 heteroatoms. The van der Waals surface area contributed by atoms with Crippen LogP contribution in [0.1, 0.15) is 72.0 Å². The van der Waals surface area contributed by atoms with Crippen LogP contribution in [-0.2, 0) is 23.6 Å². The van der Waals surface area contributed by atoms with E-state index in [1.807, 2.05) is 24.3 Å². The second-order valence-corrected chi connectivity index (χ2v) is 11.4. The van der Waals surface area contributed by atoms with E-state index in [-0.39, 0.29) is 38.0 Å². The van der Waals surface area contributed by atoms with E-state index >= 15 is 0 Å². The molecule has 0 spiro atoms. The Hall–Kier alpha value is -3.50. The van der Waals surface area contributed by atoms with Crippen LogP contribution in [0.15, 0.2) is 48.7 Å². The number of rotatable bonds is 6. The molecular weight excluding hydrogens is 560 g/mol. The van der Waals surface area contributed by atoms with Crippen LogP contribution in [-0.4, -0.2) is 52.3 Å². The van der Waals surface area contributed by atoms with Crippen molar-refractivity contribution in [2.45, 2.75) is 69.8 Å². The maximum atomic E-state index is 13.6. The number of alkyl halides is 6. The molecule has 0 unspecified atom stereocenters. The number of H-pyrrole nitrogens is 1. The summed E-state index contributed by atoms with van der Waals surface area (Å²) in [6.45, 7) is 0.295. The molecule has 2 amide bonds. The van der Waals surface area contributed by atoms with E-state index in [0.29, 0.717) is 24.5 Å². The highest BCUT2D eigenvalue weighted by atomic mass is 19.4. The number of carbonyl (C=O) groups is 2. The number of amides is 2. The molecule has 1 N–H and O–H groups in total. The third kappa shape index (κ3) is 6.76. The van der Waals surface area contributed by atoms with Gasteiger partial charge in [0.15, 0.2) is 0 Å². The van der Waals surface area contributed by atoms with Gasteiger partial charge in [-0.3, -0.25) is 9.59 Å². The molecule has 1 aliphatic carbocycles. The second-order valence-electron chi connectivity index (χ2n) is 11.4. The molecule has 1 aromatic heterocycles. The van der Waals surface area contributed by atoms with Crippen LogP contribution in [0.2, 0.25) is 0 Å². The Labute approximate surface area is 239 Å². The van der Waals surface area contributed by atoms with Gasteiger partial charge in [-0.15, -0.1) is 0 Å². The van der Waals surface area contributed by atoms with Crippen molar-refractivity contribution in [1.29, 1.82) is 0 Å². The van der Waals surface area contributed by atoms with Crippen LogP contribution in [0, 0.1) is 5.92 Å². The minimum atomic E-state index is -5.07. The van der Waals surface area contributed by atoms with Gasteiger partial charge in [-0.1, -0.05) is 50.3 Å². The van der Waals surface area contributed by atoms with Gasteiger partial charge in [-0.2, -0.15) is 26.3 Å². The number of hydrogen-bond acceptors (Lipinski definition) is 2. The molecule has 0 radical (unpaired) electrons. The van der Waals surface area contributed by atoms with Crippen LogP contribution in [0.3, 0.4) is 0 Å². The number of para-hydroxylation sites is 1. The number of nitrogens with one attached hydrogen (secondary N) is 1. The summed E-state index contributed by atoms with van der Waals surface area (Å²) in [5.74, 6) is -0.461. The summed E-state index contributed by atoms with van der Waals surface area (Å²) in [4.78, 5) is 33.0. The first-order valence-corrected chi connectivity index (χ1v) is 14.3. The molecule has 226 valence electrons. The number of aromatic nitrogens is 1. The van der Waals surface area contributed by atoms with Crippen LogP contribution >= 0.6 is 0 Å². The summed E-state index contributed by atoms with van der Waals surface area (Å²) < 4.78 is 81.2. The smallest absolute Gasteiger partial charge is 0.361 e. The molecule has 0 bridgehead atoms. The highest BCUT2D eigenvalue weighted by molar-refractivity contribution is 5.95. The third-order valence-corrected chi connectivity index (χ3v) is 8.55. The van der Waals surface area contributed by atoms with Gasteiger partial charge in [-0.05, 0) is 48.6 Å². The van der Waals surface area contributed by atoms with Crippen molar-refractivity contribution in [2.75, 3.05) is 19.6 Å². The van der Waals surface area contributed by atoms with Gasteiger partial charge in [0.2, 0.25) is 5.91 Å². The normalized spacial score (nSPS) is 19.0. The lowest BCUT2D eigenvalue weighted by Gasteiger charge is -2.42. The van der Waals surface area contributed by atoms with Crippen molar-refractivity contribution in [2.24, 2.45) is 5.92 Å².